The Kier molecular flexibility index (Phi) is 4.80. The van der Waals surface area contributed by atoms with Gasteiger partial charge < -0.3 is 15.0 Å². The number of methoxy groups -OCH3 is 1. The molecule has 2 atom stereocenters. The quantitative estimate of drug-likeness (QED) is 0.655. The summed E-state index contributed by atoms with van der Waals surface area (Å²) in [5, 5.41) is 2.77. The lowest BCUT2D eigenvalue weighted by Crippen LogP contribution is -3.18. The monoisotopic (exact) mass is 345 g/mol. The first kappa shape index (κ1) is 17.1. The molecular formula is C17H21N4O4+. The Morgan fingerprint density at radius 1 is 1.44 bits per heavy atom. The third kappa shape index (κ3) is 3.69. The van der Waals surface area contributed by atoms with E-state index in [1.807, 2.05) is 13.0 Å². The van der Waals surface area contributed by atoms with Crippen molar-refractivity contribution in [1.29, 1.82) is 0 Å². The fourth-order valence-electron chi connectivity index (χ4n) is 3.11. The van der Waals surface area contributed by atoms with E-state index >= 15 is 0 Å². The molecule has 1 aliphatic heterocycles. The summed E-state index contributed by atoms with van der Waals surface area (Å²) in [6.07, 6.45) is 1.75. The molecule has 1 fully saturated rings. The Morgan fingerprint density at radius 3 is 3.00 bits per heavy atom. The van der Waals surface area contributed by atoms with Crippen molar-refractivity contribution < 1.29 is 19.2 Å². The fraction of sp³-hybridized carbons (Fsp3) is 0.412. The number of aryl methyl sites for hydroxylation is 1. The van der Waals surface area contributed by atoms with Gasteiger partial charge in [-0.05, 0) is 18.6 Å². The van der Waals surface area contributed by atoms with E-state index in [4.69, 9.17) is 0 Å². The van der Waals surface area contributed by atoms with Crippen LogP contribution in [0.5, 0.6) is 0 Å². The number of rotatable bonds is 4. The van der Waals surface area contributed by atoms with E-state index in [9.17, 15) is 14.4 Å². The zero-order chi connectivity index (χ0) is 18.0. The van der Waals surface area contributed by atoms with Crippen LogP contribution in [0.3, 0.4) is 0 Å². The number of piperazine rings is 1. The molecule has 2 aromatic rings. The van der Waals surface area contributed by atoms with Gasteiger partial charge in [-0.25, -0.2) is 4.98 Å². The Labute approximate surface area is 144 Å². The summed E-state index contributed by atoms with van der Waals surface area (Å²) in [6, 6.07) is 4.64. The fourth-order valence-corrected chi connectivity index (χ4v) is 3.11. The lowest BCUT2D eigenvalue weighted by Gasteiger charge is -2.31. The van der Waals surface area contributed by atoms with Crippen LogP contribution in [0.1, 0.15) is 17.7 Å². The summed E-state index contributed by atoms with van der Waals surface area (Å²) in [4.78, 5) is 41.5. The highest BCUT2D eigenvalue weighted by atomic mass is 16.5. The molecule has 0 spiro atoms. The minimum Gasteiger partial charge on any atom is -0.469 e. The van der Waals surface area contributed by atoms with Gasteiger partial charge in [-0.3, -0.25) is 18.8 Å². The van der Waals surface area contributed by atoms with Crippen LogP contribution >= 0.6 is 0 Å². The number of nitrogens with one attached hydrogen (secondary N) is 2. The molecular weight excluding hydrogens is 324 g/mol. The number of carbonyl (C=O) groups excluding carboxylic acids is 2. The smallest absolute Gasteiger partial charge is 0.312 e. The summed E-state index contributed by atoms with van der Waals surface area (Å²) >= 11 is 0. The largest absolute Gasteiger partial charge is 0.469 e. The molecule has 0 radical (unpaired) electrons. The minimum absolute atomic E-state index is 0.00340. The van der Waals surface area contributed by atoms with Crippen LogP contribution in [0, 0.1) is 6.92 Å². The van der Waals surface area contributed by atoms with Crippen LogP contribution in [0.2, 0.25) is 0 Å². The van der Waals surface area contributed by atoms with Crippen molar-refractivity contribution in [3.63, 3.8) is 0 Å². The topological polar surface area (TPSA) is 94.2 Å². The van der Waals surface area contributed by atoms with E-state index in [0.29, 0.717) is 31.0 Å². The number of ether oxygens (including phenoxy) is 1. The van der Waals surface area contributed by atoms with Gasteiger partial charge in [0.1, 0.15) is 24.3 Å². The highest BCUT2D eigenvalue weighted by Gasteiger charge is 2.36. The van der Waals surface area contributed by atoms with E-state index in [-0.39, 0.29) is 17.9 Å². The highest BCUT2D eigenvalue weighted by Crippen LogP contribution is 2.03. The average Bonchev–Trinajstić information content (AvgIpc) is 2.58. The number of esters is 1. The van der Waals surface area contributed by atoms with Crippen LogP contribution < -0.4 is 15.8 Å². The molecule has 1 saturated heterocycles. The normalized spacial score (nSPS) is 20.3. The average molecular weight is 345 g/mol. The van der Waals surface area contributed by atoms with E-state index < -0.39 is 12.0 Å². The first-order valence-electron chi connectivity index (χ1n) is 8.16. The van der Waals surface area contributed by atoms with Gasteiger partial charge >= 0.3 is 5.97 Å². The van der Waals surface area contributed by atoms with Gasteiger partial charge in [0.25, 0.3) is 11.5 Å². The molecule has 0 saturated carbocycles. The van der Waals surface area contributed by atoms with Crippen molar-refractivity contribution in [2.24, 2.45) is 0 Å². The van der Waals surface area contributed by atoms with Crippen LogP contribution in [0.15, 0.2) is 29.2 Å². The third-order valence-electron chi connectivity index (χ3n) is 4.42. The van der Waals surface area contributed by atoms with E-state index in [1.54, 1.807) is 12.3 Å². The summed E-state index contributed by atoms with van der Waals surface area (Å²) in [6.45, 7) is 3.49. The van der Waals surface area contributed by atoms with Crippen molar-refractivity contribution in [2.75, 3.05) is 20.2 Å². The maximum atomic E-state index is 12.3. The molecule has 1 amide bonds. The molecule has 1 unspecified atom stereocenters. The number of nitrogens with zero attached hydrogens (tertiary/aromatic N) is 2. The molecule has 0 aromatic carbocycles. The Morgan fingerprint density at radius 2 is 2.24 bits per heavy atom. The van der Waals surface area contributed by atoms with Gasteiger partial charge in [0.05, 0.1) is 20.2 Å². The second-order valence-corrected chi connectivity index (χ2v) is 6.23. The van der Waals surface area contributed by atoms with E-state index in [2.05, 4.69) is 15.0 Å². The predicted octanol–water partition coefficient (Wildman–Crippen LogP) is -1.55. The molecule has 1 aliphatic rings. The molecule has 25 heavy (non-hydrogen) atoms. The molecule has 132 valence electrons. The first-order valence-corrected chi connectivity index (χ1v) is 8.16. The maximum Gasteiger partial charge on any atom is 0.312 e. The van der Waals surface area contributed by atoms with Crippen LogP contribution in [0.4, 0.5) is 0 Å². The van der Waals surface area contributed by atoms with E-state index in [0.717, 1.165) is 10.5 Å². The summed E-state index contributed by atoms with van der Waals surface area (Å²) < 4.78 is 6.19. The zero-order valence-corrected chi connectivity index (χ0v) is 14.2. The highest BCUT2D eigenvalue weighted by molar-refractivity contribution is 5.85. The number of amides is 1. The lowest BCUT2D eigenvalue weighted by atomic mass is 10.1. The molecule has 3 rings (SSSR count). The predicted molar refractivity (Wildman–Crippen MR) is 89.2 cm³/mol. The van der Waals surface area contributed by atoms with E-state index in [1.165, 1.54) is 17.6 Å². The second-order valence-electron chi connectivity index (χ2n) is 6.23. The minimum atomic E-state index is -0.542. The van der Waals surface area contributed by atoms with Gasteiger partial charge in [-0.2, -0.15) is 0 Å². The number of hydrogen-bond acceptors (Lipinski definition) is 5. The van der Waals surface area contributed by atoms with Gasteiger partial charge in [-0.1, -0.05) is 6.07 Å². The Bertz CT molecular complexity index is 877. The summed E-state index contributed by atoms with van der Waals surface area (Å²) in [5.41, 5.74) is 1.99. The summed E-state index contributed by atoms with van der Waals surface area (Å²) in [7, 11) is 1.30. The Hall–Kier alpha value is -2.74. The van der Waals surface area contributed by atoms with Gasteiger partial charge in [0.15, 0.2) is 6.04 Å². The second kappa shape index (κ2) is 7.02. The molecule has 0 bridgehead atoms. The van der Waals surface area contributed by atoms with Crippen molar-refractivity contribution in [1.82, 2.24) is 14.7 Å². The molecule has 8 heteroatoms. The van der Waals surface area contributed by atoms with Crippen molar-refractivity contribution in [3.05, 3.63) is 46.0 Å². The standard InChI is InChI=1S/C17H20N4O4/c1-11-3-4-14-19-12(7-15(22)21(14)9-11)10-20-6-5-18-17(24)13(20)8-16(23)25-2/h3-4,7,9,13H,5-6,8,10H2,1-2H3,(H,18,24)/p+1/t13-/m1/s1. The Balaban J connectivity index is 1.87. The first-order chi connectivity index (χ1) is 12.0. The van der Waals surface area contributed by atoms with Crippen LogP contribution in [-0.4, -0.2) is 47.5 Å². The molecule has 2 N–H and O–H groups in total. The number of quaternary nitrogens is 1. The number of aromatic nitrogens is 2. The van der Waals surface area contributed by atoms with Crippen molar-refractivity contribution >= 4 is 17.5 Å². The molecule has 8 nitrogen and oxygen atoms in total. The summed E-state index contributed by atoms with van der Waals surface area (Å²) in [5.74, 6) is -0.610. The third-order valence-corrected chi connectivity index (χ3v) is 4.42. The number of hydrogen-bond donors (Lipinski definition) is 2. The molecule has 0 aliphatic carbocycles. The zero-order valence-electron chi connectivity index (χ0n) is 14.2. The molecule has 3 heterocycles. The van der Waals surface area contributed by atoms with Crippen molar-refractivity contribution in [3.8, 4) is 0 Å². The van der Waals surface area contributed by atoms with Gasteiger partial charge in [0.2, 0.25) is 0 Å². The number of pyridine rings is 1. The molecule has 2 aromatic heterocycles. The van der Waals surface area contributed by atoms with Gasteiger partial charge in [-0.15, -0.1) is 0 Å². The maximum absolute atomic E-state index is 12.3. The SMILES string of the molecule is COC(=O)C[C@@H]1C(=O)NCC[NH+]1Cc1cc(=O)n2cc(C)ccc2n1. The number of fused-ring (bicyclic) bond motifs is 1. The van der Waals surface area contributed by atoms with Crippen molar-refractivity contribution in [2.45, 2.75) is 25.9 Å². The van der Waals surface area contributed by atoms with Crippen LogP contribution in [-0.2, 0) is 20.9 Å². The van der Waals surface area contributed by atoms with Crippen LogP contribution in [0.25, 0.3) is 5.65 Å². The lowest BCUT2D eigenvalue weighted by molar-refractivity contribution is -0.931. The number of carbonyl (C=O) groups is 2. The van der Waals surface area contributed by atoms with Gasteiger partial charge in [0, 0.05) is 12.3 Å².